The zero-order chi connectivity index (χ0) is 19.1. The normalized spacial score (nSPS) is 30.1. The predicted molar refractivity (Wildman–Crippen MR) is 107 cm³/mol. The van der Waals surface area contributed by atoms with Crippen molar-refractivity contribution in [3.63, 3.8) is 0 Å². The lowest BCUT2D eigenvalue weighted by atomic mass is 9.68. The smallest absolute Gasteiger partial charge is 0.230 e. The van der Waals surface area contributed by atoms with E-state index in [0.29, 0.717) is 23.9 Å². The van der Waals surface area contributed by atoms with Gasteiger partial charge in [-0.05, 0) is 51.0 Å². The lowest BCUT2D eigenvalue weighted by molar-refractivity contribution is -0.144. The van der Waals surface area contributed by atoms with E-state index in [4.69, 9.17) is 0 Å². The van der Waals surface area contributed by atoms with E-state index in [1.165, 1.54) is 12.0 Å². The summed E-state index contributed by atoms with van der Waals surface area (Å²) in [6.07, 6.45) is 6.06. The molecule has 3 atom stereocenters. The molecule has 1 amide bonds. The fraction of sp³-hybridized carbons (Fsp3) is 0.591. The molecule has 6 nitrogen and oxygen atoms in total. The van der Waals surface area contributed by atoms with Gasteiger partial charge in [0.1, 0.15) is 5.82 Å². The van der Waals surface area contributed by atoms with Crippen LogP contribution in [-0.2, 0) is 11.2 Å². The summed E-state index contributed by atoms with van der Waals surface area (Å²) in [6.45, 7) is 3.56. The fourth-order valence-corrected chi connectivity index (χ4v) is 5.66. The van der Waals surface area contributed by atoms with Crippen molar-refractivity contribution in [1.82, 2.24) is 25.4 Å². The number of rotatable bonds is 4. The summed E-state index contributed by atoms with van der Waals surface area (Å²) in [5.41, 5.74) is 0.995. The van der Waals surface area contributed by atoms with Gasteiger partial charge in [-0.15, -0.1) is 0 Å². The van der Waals surface area contributed by atoms with Crippen molar-refractivity contribution in [3.8, 4) is 0 Å². The Morgan fingerprint density at radius 1 is 1.18 bits per heavy atom. The maximum atomic E-state index is 13.8. The highest BCUT2D eigenvalue weighted by atomic mass is 16.2. The first-order chi connectivity index (χ1) is 13.6. The zero-order valence-corrected chi connectivity index (χ0v) is 16.5. The van der Waals surface area contributed by atoms with Gasteiger partial charge in [0, 0.05) is 31.1 Å². The first kappa shape index (κ1) is 17.9. The lowest BCUT2D eigenvalue weighted by Gasteiger charge is -2.41. The van der Waals surface area contributed by atoms with Crippen LogP contribution >= 0.6 is 0 Å². The fourth-order valence-electron chi connectivity index (χ4n) is 5.66. The number of piperidine rings is 1. The number of carbonyl (C=O) groups excluding carboxylic acids is 1. The standard InChI is InChI=1S/C22H29N5O/c1-15-23-20(26-25-15)17-9-11-27(12-10-17)21(28)22(13-16-5-3-2-4-6-16)14-18-7-8-19(22)24-18/h2-6,17-19,24H,7-14H2,1H3,(H,23,25,26)/t18-,19+,22+/m0/s1. The number of nitrogens with one attached hydrogen (secondary N) is 2. The Hall–Kier alpha value is -2.21. The molecule has 28 heavy (non-hydrogen) atoms. The molecule has 4 heterocycles. The van der Waals surface area contributed by atoms with Gasteiger partial charge in [-0.1, -0.05) is 30.3 Å². The molecule has 2 bridgehead atoms. The second kappa shape index (κ2) is 6.99. The zero-order valence-electron chi connectivity index (χ0n) is 16.5. The number of aryl methyl sites for hydroxylation is 1. The summed E-state index contributed by atoms with van der Waals surface area (Å²) < 4.78 is 0. The van der Waals surface area contributed by atoms with Gasteiger partial charge < -0.3 is 10.2 Å². The summed E-state index contributed by atoms with van der Waals surface area (Å²) in [5.74, 6) is 2.49. The maximum Gasteiger partial charge on any atom is 0.230 e. The van der Waals surface area contributed by atoms with E-state index in [2.05, 4.69) is 49.7 Å². The number of carbonyl (C=O) groups is 1. The van der Waals surface area contributed by atoms with Crippen molar-refractivity contribution in [2.24, 2.45) is 5.41 Å². The molecule has 3 fully saturated rings. The average Bonchev–Trinajstić information content (AvgIpc) is 3.45. The van der Waals surface area contributed by atoms with Crippen LogP contribution in [0.4, 0.5) is 0 Å². The minimum atomic E-state index is -0.279. The molecule has 2 N–H and O–H groups in total. The van der Waals surface area contributed by atoms with Gasteiger partial charge in [-0.3, -0.25) is 9.89 Å². The van der Waals surface area contributed by atoms with Crippen molar-refractivity contribution < 1.29 is 4.79 Å². The van der Waals surface area contributed by atoms with E-state index in [9.17, 15) is 4.79 Å². The Morgan fingerprint density at radius 3 is 2.57 bits per heavy atom. The molecule has 148 valence electrons. The Bertz CT molecular complexity index is 842. The molecule has 1 aromatic carbocycles. The Balaban J connectivity index is 1.33. The van der Waals surface area contributed by atoms with Crippen LogP contribution in [0.3, 0.4) is 0 Å². The minimum absolute atomic E-state index is 0.279. The van der Waals surface area contributed by atoms with Crippen LogP contribution in [0.5, 0.6) is 0 Å². The van der Waals surface area contributed by atoms with Crippen molar-refractivity contribution in [3.05, 3.63) is 47.5 Å². The highest BCUT2D eigenvalue weighted by molar-refractivity contribution is 5.85. The molecule has 6 heteroatoms. The first-order valence-electron chi connectivity index (χ1n) is 10.6. The van der Waals surface area contributed by atoms with Crippen molar-refractivity contribution in [2.75, 3.05) is 13.1 Å². The predicted octanol–water partition coefficient (Wildman–Crippen LogP) is 2.57. The molecule has 0 aliphatic carbocycles. The van der Waals surface area contributed by atoms with E-state index in [1.54, 1.807) is 0 Å². The topological polar surface area (TPSA) is 73.9 Å². The molecule has 3 aliphatic rings. The number of hydrogen-bond donors (Lipinski definition) is 2. The number of aromatic amines is 1. The molecule has 3 aliphatic heterocycles. The van der Waals surface area contributed by atoms with E-state index in [0.717, 1.165) is 56.8 Å². The Labute approximate surface area is 166 Å². The SMILES string of the molecule is Cc1nc(C2CCN(C(=O)[C@]3(Cc4ccccc4)C[C@@H]4CC[C@H]3N4)CC2)n[nH]1. The van der Waals surface area contributed by atoms with E-state index in [1.807, 2.05) is 13.0 Å². The number of amides is 1. The van der Waals surface area contributed by atoms with Gasteiger partial charge in [0.25, 0.3) is 0 Å². The van der Waals surface area contributed by atoms with E-state index < -0.39 is 0 Å². The molecule has 0 spiro atoms. The van der Waals surface area contributed by atoms with Crippen molar-refractivity contribution >= 4 is 5.91 Å². The van der Waals surface area contributed by atoms with E-state index in [-0.39, 0.29) is 5.41 Å². The molecular formula is C22H29N5O. The number of hydrogen-bond acceptors (Lipinski definition) is 4. The third-order valence-electron chi connectivity index (χ3n) is 7.07. The van der Waals surface area contributed by atoms with Gasteiger partial charge in [-0.2, -0.15) is 5.10 Å². The number of aromatic nitrogens is 3. The first-order valence-corrected chi connectivity index (χ1v) is 10.6. The highest BCUT2D eigenvalue weighted by Crippen LogP contribution is 2.47. The van der Waals surface area contributed by atoms with Gasteiger partial charge in [0.15, 0.2) is 5.82 Å². The van der Waals surface area contributed by atoms with Crippen LogP contribution in [0, 0.1) is 12.3 Å². The maximum absolute atomic E-state index is 13.8. The average molecular weight is 380 g/mol. The molecule has 0 radical (unpaired) electrons. The molecule has 0 unspecified atom stereocenters. The lowest BCUT2D eigenvalue weighted by Crippen LogP contribution is -2.53. The van der Waals surface area contributed by atoms with Crippen LogP contribution in [0.15, 0.2) is 30.3 Å². The van der Waals surface area contributed by atoms with Crippen molar-refractivity contribution in [2.45, 2.75) is 63.5 Å². The third-order valence-corrected chi connectivity index (χ3v) is 7.07. The molecule has 5 rings (SSSR count). The van der Waals surface area contributed by atoms with Gasteiger partial charge in [0.2, 0.25) is 5.91 Å². The summed E-state index contributed by atoms with van der Waals surface area (Å²) in [4.78, 5) is 20.4. The van der Waals surface area contributed by atoms with Gasteiger partial charge in [-0.25, -0.2) is 4.98 Å². The molecule has 1 aromatic heterocycles. The number of H-pyrrole nitrogens is 1. The van der Waals surface area contributed by atoms with Crippen LogP contribution in [0.2, 0.25) is 0 Å². The largest absolute Gasteiger partial charge is 0.342 e. The highest BCUT2D eigenvalue weighted by Gasteiger charge is 2.56. The second-order valence-corrected chi connectivity index (χ2v) is 8.86. The molecule has 3 saturated heterocycles. The number of fused-ring (bicyclic) bond motifs is 2. The van der Waals surface area contributed by atoms with Gasteiger partial charge >= 0.3 is 0 Å². The summed E-state index contributed by atoms with van der Waals surface area (Å²) in [7, 11) is 0. The van der Waals surface area contributed by atoms with Crippen LogP contribution in [0.1, 0.15) is 55.2 Å². The Kier molecular flexibility index (Phi) is 4.46. The summed E-state index contributed by atoms with van der Waals surface area (Å²) in [6, 6.07) is 11.4. The second-order valence-electron chi connectivity index (χ2n) is 8.86. The van der Waals surface area contributed by atoms with Crippen LogP contribution in [0.25, 0.3) is 0 Å². The number of nitrogens with zero attached hydrogens (tertiary/aromatic N) is 3. The molecule has 2 aromatic rings. The number of benzene rings is 1. The van der Waals surface area contributed by atoms with Crippen molar-refractivity contribution in [1.29, 1.82) is 0 Å². The number of likely N-dealkylation sites (tertiary alicyclic amines) is 1. The summed E-state index contributed by atoms with van der Waals surface area (Å²) in [5, 5.41) is 11.0. The van der Waals surface area contributed by atoms with Crippen LogP contribution in [-0.4, -0.2) is 51.2 Å². The monoisotopic (exact) mass is 379 g/mol. The molecular weight excluding hydrogens is 350 g/mol. The third kappa shape index (κ3) is 3.04. The minimum Gasteiger partial charge on any atom is -0.342 e. The van der Waals surface area contributed by atoms with Crippen LogP contribution < -0.4 is 5.32 Å². The van der Waals surface area contributed by atoms with E-state index >= 15 is 0 Å². The molecule has 0 saturated carbocycles. The quantitative estimate of drug-likeness (QED) is 0.856. The Morgan fingerprint density at radius 2 is 1.96 bits per heavy atom. The summed E-state index contributed by atoms with van der Waals surface area (Å²) >= 11 is 0. The van der Waals surface area contributed by atoms with Gasteiger partial charge in [0.05, 0.1) is 5.41 Å².